The highest BCUT2D eigenvalue weighted by atomic mass is 16.5. The third-order valence-electron chi connectivity index (χ3n) is 5.38. The lowest BCUT2D eigenvalue weighted by Gasteiger charge is -2.31. The number of methoxy groups -OCH3 is 1. The number of nitrogens with zero attached hydrogens (tertiary/aromatic N) is 1. The van der Waals surface area contributed by atoms with E-state index in [0.29, 0.717) is 29.7 Å². The van der Waals surface area contributed by atoms with Crippen LogP contribution in [0, 0.1) is 11.3 Å². The van der Waals surface area contributed by atoms with Gasteiger partial charge in [0.2, 0.25) is 0 Å². The summed E-state index contributed by atoms with van der Waals surface area (Å²) in [5.41, 5.74) is 0.832. The summed E-state index contributed by atoms with van der Waals surface area (Å²) in [5.74, 6) is -0.474. The van der Waals surface area contributed by atoms with E-state index in [1.807, 2.05) is 36.4 Å². The number of benzene rings is 2. The Kier molecular flexibility index (Phi) is 7.45. The minimum absolute atomic E-state index is 0.311. The normalized spacial score (nSPS) is 15.4. The van der Waals surface area contributed by atoms with Gasteiger partial charge < -0.3 is 14.8 Å². The minimum atomic E-state index is -0.864. The van der Waals surface area contributed by atoms with Crippen LogP contribution in [0.3, 0.4) is 0 Å². The Labute approximate surface area is 182 Å². The number of esters is 1. The number of carbonyl (C=O) groups excluding carboxylic acids is 2. The van der Waals surface area contributed by atoms with E-state index in [0.717, 1.165) is 24.8 Å². The van der Waals surface area contributed by atoms with Crippen LogP contribution < -0.4 is 10.1 Å². The lowest BCUT2D eigenvalue weighted by molar-refractivity contribution is -0.143. The maximum absolute atomic E-state index is 12.9. The van der Waals surface area contributed by atoms with E-state index >= 15 is 0 Å². The summed E-state index contributed by atoms with van der Waals surface area (Å²) in [4.78, 5) is 25.3. The molecular formula is C25H26N2O4. The average Bonchev–Trinajstić information content (AvgIpc) is 2.82. The van der Waals surface area contributed by atoms with Gasteiger partial charge in [-0.1, -0.05) is 67.8 Å². The molecule has 1 N–H and O–H groups in total. The second kappa shape index (κ2) is 10.4. The lowest BCUT2D eigenvalue weighted by Crippen LogP contribution is -2.50. The zero-order valence-corrected chi connectivity index (χ0v) is 17.6. The van der Waals surface area contributed by atoms with Gasteiger partial charge in [0.1, 0.15) is 11.3 Å². The van der Waals surface area contributed by atoms with E-state index in [1.165, 1.54) is 0 Å². The van der Waals surface area contributed by atoms with Gasteiger partial charge >= 0.3 is 5.97 Å². The predicted molar refractivity (Wildman–Crippen MR) is 118 cm³/mol. The molecule has 0 aromatic heterocycles. The molecule has 0 spiro atoms. The Morgan fingerprint density at radius 1 is 1.06 bits per heavy atom. The maximum atomic E-state index is 12.9. The van der Waals surface area contributed by atoms with E-state index in [-0.39, 0.29) is 0 Å². The molecule has 1 fully saturated rings. The monoisotopic (exact) mass is 418 g/mol. The van der Waals surface area contributed by atoms with E-state index in [4.69, 9.17) is 9.47 Å². The van der Waals surface area contributed by atoms with Crippen molar-refractivity contribution in [2.24, 2.45) is 0 Å². The average molecular weight is 418 g/mol. The van der Waals surface area contributed by atoms with Crippen molar-refractivity contribution >= 4 is 23.5 Å². The van der Waals surface area contributed by atoms with Gasteiger partial charge in [0.25, 0.3) is 5.91 Å². The van der Waals surface area contributed by atoms with Crippen LogP contribution in [-0.2, 0) is 14.3 Å². The molecule has 2 aromatic rings. The number of rotatable bonds is 7. The molecule has 0 unspecified atom stereocenters. The van der Waals surface area contributed by atoms with Crippen molar-refractivity contribution in [2.75, 3.05) is 13.7 Å². The maximum Gasteiger partial charge on any atom is 0.339 e. The molecule has 1 amide bonds. The van der Waals surface area contributed by atoms with Gasteiger partial charge in [0.15, 0.2) is 6.61 Å². The fraction of sp³-hybridized carbons (Fsp3) is 0.320. The van der Waals surface area contributed by atoms with Gasteiger partial charge in [-0.2, -0.15) is 5.26 Å². The van der Waals surface area contributed by atoms with Crippen molar-refractivity contribution < 1.29 is 19.1 Å². The number of nitrogens with one attached hydrogen (secondary N) is 1. The van der Waals surface area contributed by atoms with E-state index in [2.05, 4.69) is 11.4 Å². The van der Waals surface area contributed by atoms with Crippen molar-refractivity contribution in [3.8, 4) is 11.8 Å². The van der Waals surface area contributed by atoms with Gasteiger partial charge in [-0.25, -0.2) is 4.79 Å². The smallest absolute Gasteiger partial charge is 0.339 e. The lowest BCUT2D eigenvalue weighted by atomic mass is 9.83. The summed E-state index contributed by atoms with van der Waals surface area (Å²) in [6, 6.07) is 18.7. The van der Waals surface area contributed by atoms with Crippen molar-refractivity contribution in [1.82, 2.24) is 5.32 Å². The topological polar surface area (TPSA) is 88.4 Å². The zero-order chi connectivity index (χ0) is 22.1. The Morgan fingerprint density at radius 3 is 2.42 bits per heavy atom. The van der Waals surface area contributed by atoms with Crippen LogP contribution in [0.25, 0.3) is 11.6 Å². The number of para-hydroxylation sites is 1. The van der Waals surface area contributed by atoms with Crippen molar-refractivity contribution in [3.05, 3.63) is 65.7 Å². The molecule has 6 heteroatoms. The third-order valence-corrected chi connectivity index (χ3v) is 5.38. The highest BCUT2D eigenvalue weighted by molar-refractivity contribution is 6.22. The molecule has 2 aromatic carbocycles. The van der Waals surface area contributed by atoms with Gasteiger partial charge in [-0.05, 0) is 30.5 Å². The first-order valence-corrected chi connectivity index (χ1v) is 10.4. The van der Waals surface area contributed by atoms with E-state index in [9.17, 15) is 14.9 Å². The third kappa shape index (κ3) is 5.73. The molecule has 160 valence electrons. The number of amides is 1. The first kappa shape index (κ1) is 22.1. The van der Waals surface area contributed by atoms with Crippen LogP contribution >= 0.6 is 0 Å². The van der Waals surface area contributed by atoms with Gasteiger partial charge in [0, 0.05) is 5.56 Å². The Balaban J connectivity index is 1.76. The highest BCUT2D eigenvalue weighted by Crippen LogP contribution is 2.28. The molecule has 1 aliphatic rings. The van der Waals surface area contributed by atoms with E-state index < -0.39 is 24.0 Å². The molecule has 0 heterocycles. The summed E-state index contributed by atoms with van der Waals surface area (Å²) in [5, 5.41) is 12.3. The number of carbonyl (C=O) groups is 2. The molecule has 1 aliphatic carbocycles. The van der Waals surface area contributed by atoms with Crippen LogP contribution in [0.1, 0.15) is 43.2 Å². The highest BCUT2D eigenvalue weighted by Gasteiger charge is 2.33. The molecule has 6 nitrogen and oxygen atoms in total. The standard InChI is InChI=1S/C25H26N2O4/c1-30-22-13-7-6-12-20(22)16-21(19-10-4-2-5-11-19)24(29)31-17-23(28)27-25(18-26)14-8-3-9-15-25/h2,4-7,10-13,16H,3,8-9,14-15,17H2,1H3,(H,27,28)/b21-16+. The SMILES string of the molecule is COc1ccccc1/C=C(/C(=O)OCC(=O)NC1(C#N)CCCCC1)c1ccccc1. The van der Waals surface area contributed by atoms with Gasteiger partial charge in [-0.15, -0.1) is 0 Å². The number of nitriles is 1. The Morgan fingerprint density at radius 2 is 1.74 bits per heavy atom. The first-order chi connectivity index (χ1) is 15.1. The molecule has 0 bridgehead atoms. The predicted octanol–water partition coefficient (Wildman–Crippen LogP) is 4.12. The summed E-state index contributed by atoms with van der Waals surface area (Å²) < 4.78 is 10.7. The van der Waals surface area contributed by atoms with Crippen molar-refractivity contribution in [2.45, 2.75) is 37.6 Å². The molecule has 0 atom stereocenters. The first-order valence-electron chi connectivity index (χ1n) is 10.4. The van der Waals surface area contributed by atoms with Crippen LogP contribution in [0.2, 0.25) is 0 Å². The number of hydrogen-bond acceptors (Lipinski definition) is 5. The molecule has 3 rings (SSSR count). The summed E-state index contributed by atoms with van der Waals surface area (Å²) in [6.45, 7) is -0.446. The number of hydrogen-bond donors (Lipinski definition) is 1. The minimum Gasteiger partial charge on any atom is -0.496 e. The van der Waals surface area contributed by atoms with Crippen molar-refractivity contribution in [1.29, 1.82) is 5.26 Å². The van der Waals surface area contributed by atoms with Crippen LogP contribution in [-0.4, -0.2) is 31.1 Å². The fourth-order valence-electron chi connectivity index (χ4n) is 3.75. The molecule has 0 radical (unpaired) electrons. The largest absolute Gasteiger partial charge is 0.496 e. The summed E-state index contributed by atoms with van der Waals surface area (Å²) >= 11 is 0. The Hall–Kier alpha value is -3.59. The molecule has 0 aliphatic heterocycles. The molecule has 0 saturated heterocycles. The molecule has 31 heavy (non-hydrogen) atoms. The summed E-state index contributed by atoms with van der Waals surface area (Å²) in [6.07, 6.45) is 5.77. The quantitative estimate of drug-likeness (QED) is 0.415. The Bertz CT molecular complexity index is 986. The van der Waals surface area contributed by atoms with Gasteiger partial charge in [0.05, 0.1) is 18.8 Å². The zero-order valence-electron chi connectivity index (χ0n) is 17.6. The van der Waals surface area contributed by atoms with Gasteiger partial charge in [-0.3, -0.25) is 4.79 Å². The van der Waals surface area contributed by atoms with E-state index in [1.54, 1.807) is 31.4 Å². The van der Waals surface area contributed by atoms with Crippen LogP contribution in [0.4, 0.5) is 0 Å². The summed E-state index contributed by atoms with van der Waals surface area (Å²) in [7, 11) is 1.56. The van der Waals surface area contributed by atoms with Crippen molar-refractivity contribution in [3.63, 3.8) is 0 Å². The number of ether oxygens (including phenoxy) is 2. The second-order valence-electron chi connectivity index (χ2n) is 7.54. The molecule has 1 saturated carbocycles. The fourth-order valence-corrected chi connectivity index (χ4v) is 3.75. The molecular weight excluding hydrogens is 392 g/mol. The van der Waals surface area contributed by atoms with Crippen LogP contribution in [0.15, 0.2) is 54.6 Å². The van der Waals surface area contributed by atoms with Crippen LogP contribution in [0.5, 0.6) is 5.75 Å². The second-order valence-corrected chi connectivity index (χ2v) is 7.54.